The van der Waals surface area contributed by atoms with Crippen LogP contribution in [0.4, 0.5) is 0 Å². The minimum absolute atomic E-state index is 0.292. The molecule has 0 bridgehead atoms. The third-order valence-corrected chi connectivity index (χ3v) is 5.89. The number of likely N-dealkylation sites (tertiary alicyclic amines) is 1. The van der Waals surface area contributed by atoms with Crippen LogP contribution in [0.3, 0.4) is 0 Å². The molecule has 1 saturated carbocycles. The molecule has 1 saturated heterocycles. The Hall–Kier alpha value is -1.52. The van der Waals surface area contributed by atoms with Crippen molar-refractivity contribution in [3.05, 3.63) is 11.6 Å². The Morgan fingerprint density at radius 2 is 2.08 bits per heavy atom. The normalized spacial score (nSPS) is 25.2. The Bertz CT molecular complexity index is 508. The molecule has 0 aromatic carbocycles. The van der Waals surface area contributed by atoms with Crippen molar-refractivity contribution < 1.29 is 4.79 Å². The van der Waals surface area contributed by atoms with Crippen molar-refractivity contribution in [3.8, 4) is 0 Å². The maximum atomic E-state index is 12.5. The van der Waals surface area contributed by atoms with E-state index in [1.165, 1.54) is 38.5 Å². The Morgan fingerprint density at radius 3 is 2.80 bits per heavy atom. The number of amides is 1. The molecule has 2 aliphatic carbocycles. The van der Waals surface area contributed by atoms with Crippen LogP contribution in [-0.4, -0.2) is 49.5 Å². The summed E-state index contributed by atoms with van der Waals surface area (Å²) >= 11 is 0. The van der Waals surface area contributed by atoms with E-state index in [2.05, 4.69) is 26.6 Å². The molecule has 2 N–H and O–H groups in total. The number of carbonyl (C=O) groups excluding carboxylic acids is 1. The van der Waals surface area contributed by atoms with Gasteiger partial charge in [-0.3, -0.25) is 9.79 Å². The summed E-state index contributed by atoms with van der Waals surface area (Å²) in [6, 6.07) is 0.324. The number of carbonyl (C=O) groups is 1. The largest absolute Gasteiger partial charge is 0.356 e. The first-order chi connectivity index (χ1) is 12.3. The monoisotopic (exact) mass is 346 g/mol. The SMILES string of the molecule is CN=C(NCCC1=CCCCC1)NC1CCN(C(=O)C2CCCC2)C1. The second-order valence-electron chi connectivity index (χ2n) is 7.75. The Balaban J connectivity index is 1.38. The van der Waals surface area contributed by atoms with Gasteiger partial charge in [-0.25, -0.2) is 0 Å². The molecule has 3 rings (SSSR count). The van der Waals surface area contributed by atoms with Crippen LogP contribution in [0.5, 0.6) is 0 Å². The molecular formula is C20H34N4O. The second-order valence-corrected chi connectivity index (χ2v) is 7.75. The fraction of sp³-hybridized carbons (Fsp3) is 0.800. The summed E-state index contributed by atoms with van der Waals surface area (Å²) < 4.78 is 0. The van der Waals surface area contributed by atoms with Gasteiger partial charge in [0.25, 0.3) is 0 Å². The van der Waals surface area contributed by atoms with Gasteiger partial charge in [0.15, 0.2) is 5.96 Å². The van der Waals surface area contributed by atoms with Gasteiger partial charge in [0.2, 0.25) is 5.91 Å². The molecule has 2 fully saturated rings. The van der Waals surface area contributed by atoms with Gasteiger partial charge in [0.1, 0.15) is 0 Å². The number of nitrogens with zero attached hydrogens (tertiary/aromatic N) is 2. The van der Waals surface area contributed by atoms with Crippen LogP contribution in [0.25, 0.3) is 0 Å². The van der Waals surface area contributed by atoms with Crippen LogP contribution in [0.2, 0.25) is 0 Å². The van der Waals surface area contributed by atoms with Gasteiger partial charge in [-0.2, -0.15) is 0 Å². The summed E-state index contributed by atoms with van der Waals surface area (Å²) in [5.74, 6) is 1.55. The highest BCUT2D eigenvalue weighted by Gasteiger charge is 2.32. The van der Waals surface area contributed by atoms with Gasteiger partial charge in [0.05, 0.1) is 0 Å². The van der Waals surface area contributed by atoms with E-state index >= 15 is 0 Å². The molecule has 0 radical (unpaired) electrons. The smallest absolute Gasteiger partial charge is 0.225 e. The van der Waals surface area contributed by atoms with Gasteiger partial charge >= 0.3 is 0 Å². The fourth-order valence-corrected chi connectivity index (χ4v) is 4.37. The quantitative estimate of drug-likeness (QED) is 0.457. The van der Waals surface area contributed by atoms with E-state index in [1.807, 2.05) is 7.05 Å². The van der Waals surface area contributed by atoms with Crippen LogP contribution in [0.1, 0.15) is 64.2 Å². The predicted octanol–water partition coefficient (Wildman–Crippen LogP) is 2.83. The molecule has 0 aromatic heterocycles. The molecule has 0 spiro atoms. The first kappa shape index (κ1) is 18.3. The molecule has 1 heterocycles. The fourth-order valence-electron chi connectivity index (χ4n) is 4.37. The second kappa shape index (κ2) is 9.25. The van der Waals surface area contributed by atoms with Crippen molar-refractivity contribution in [1.82, 2.24) is 15.5 Å². The predicted molar refractivity (Wildman–Crippen MR) is 103 cm³/mol. The van der Waals surface area contributed by atoms with E-state index in [9.17, 15) is 4.79 Å². The van der Waals surface area contributed by atoms with Crippen LogP contribution in [-0.2, 0) is 4.79 Å². The molecule has 1 atom stereocenters. The molecular weight excluding hydrogens is 312 g/mol. The summed E-state index contributed by atoms with van der Waals surface area (Å²) in [5, 5.41) is 6.94. The number of allylic oxidation sites excluding steroid dienone is 1. The first-order valence-electron chi connectivity index (χ1n) is 10.2. The van der Waals surface area contributed by atoms with E-state index in [1.54, 1.807) is 5.57 Å². The maximum absolute atomic E-state index is 12.5. The minimum Gasteiger partial charge on any atom is -0.356 e. The highest BCUT2D eigenvalue weighted by atomic mass is 16.2. The van der Waals surface area contributed by atoms with Crippen LogP contribution in [0.15, 0.2) is 16.6 Å². The van der Waals surface area contributed by atoms with Crippen molar-refractivity contribution in [2.75, 3.05) is 26.7 Å². The molecule has 1 amide bonds. The van der Waals surface area contributed by atoms with Crippen molar-refractivity contribution in [2.24, 2.45) is 10.9 Å². The number of aliphatic imine (C=N–C) groups is 1. The van der Waals surface area contributed by atoms with Crippen molar-refractivity contribution in [1.29, 1.82) is 0 Å². The first-order valence-corrected chi connectivity index (χ1v) is 10.2. The highest BCUT2D eigenvalue weighted by molar-refractivity contribution is 5.81. The van der Waals surface area contributed by atoms with E-state index in [0.29, 0.717) is 17.9 Å². The van der Waals surface area contributed by atoms with Crippen molar-refractivity contribution in [3.63, 3.8) is 0 Å². The maximum Gasteiger partial charge on any atom is 0.225 e. The van der Waals surface area contributed by atoms with Gasteiger partial charge in [-0.05, 0) is 51.4 Å². The van der Waals surface area contributed by atoms with Crippen molar-refractivity contribution >= 4 is 11.9 Å². The van der Waals surface area contributed by atoms with Gasteiger partial charge in [0, 0.05) is 38.6 Å². The lowest BCUT2D eigenvalue weighted by Gasteiger charge is -2.21. The van der Waals surface area contributed by atoms with E-state index in [0.717, 1.165) is 51.3 Å². The zero-order valence-corrected chi connectivity index (χ0v) is 15.7. The van der Waals surface area contributed by atoms with Crippen LogP contribution in [0, 0.1) is 5.92 Å². The molecule has 25 heavy (non-hydrogen) atoms. The average molecular weight is 347 g/mol. The lowest BCUT2D eigenvalue weighted by molar-refractivity contribution is -0.134. The number of hydrogen-bond donors (Lipinski definition) is 2. The standard InChI is InChI=1S/C20H34N4O/c1-21-20(22-13-11-16-7-3-2-4-8-16)23-18-12-14-24(15-18)19(25)17-9-5-6-10-17/h7,17-18H,2-6,8-15H2,1H3,(H2,21,22,23). The molecule has 3 aliphatic rings. The third kappa shape index (κ3) is 5.23. The lowest BCUT2D eigenvalue weighted by atomic mass is 9.97. The number of nitrogens with one attached hydrogen (secondary N) is 2. The molecule has 1 aliphatic heterocycles. The van der Waals surface area contributed by atoms with Gasteiger partial charge in [-0.1, -0.05) is 24.5 Å². The highest BCUT2D eigenvalue weighted by Crippen LogP contribution is 2.27. The molecule has 0 aromatic rings. The zero-order chi connectivity index (χ0) is 17.5. The third-order valence-electron chi connectivity index (χ3n) is 5.89. The average Bonchev–Trinajstić information content (AvgIpc) is 3.33. The number of rotatable bonds is 5. The molecule has 1 unspecified atom stereocenters. The lowest BCUT2D eigenvalue weighted by Crippen LogP contribution is -2.45. The summed E-state index contributed by atoms with van der Waals surface area (Å²) in [6.45, 7) is 2.64. The summed E-state index contributed by atoms with van der Waals surface area (Å²) in [6.07, 6.45) is 14.3. The Morgan fingerprint density at radius 1 is 1.24 bits per heavy atom. The van der Waals surface area contributed by atoms with Gasteiger partial charge in [-0.15, -0.1) is 0 Å². The zero-order valence-electron chi connectivity index (χ0n) is 15.7. The minimum atomic E-state index is 0.292. The Labute approximate surface area is 152 Å². The van der Waals surface area contributed by atoms with E-state index < -0.39 is 0 Å². The number of guanidine groups is 1. The Kier molecular flexibility index (Phi) is 6.76. The summed E-state index contributed by atoms with van der Waals surface area (Å²) in [5.41, 5.74) is 1.59. The molecule has 140 valence electrons. The van der Waals surface area contributed by atoms with Crippen LogP contribution >= 0.6 is 0 Å². The van der Waals surface area contributed by atoms with E-state index in [4.69, 9.17) is 0 Å². The molecule has 5 nitrogen and oxygen atoms in total. The summed E-state index contributed by atoms with van der Waals surface area (Å²) in [4.78, 5) is 19.0. The van der Waals surface area contributed by atoms with Crippen LogP contribution < -0.4 is 10.6 Å². The van der Waals surface area contributed by atoms with Crippen molar-refractivity contribution in [2.45, 2.75) is 70.3 Å². The molecule has 5 heteroatoms. The topological polar surface area (TPSA) is 56.7 Å². The summed E-state index contributed by atoms with van der Waals surface area (Å²) in [7, 11) is 1.83. The number of hydrogen-bond acceptors (Lipinski definition) is 2. The van der Waals surface area contributed by atoms with Gasteiger partial charge < -0.3 is 15.5 Å². The van der Waals surface area contributed by atoms with E-state index in [-0.39, 0.29) is 0 Å².